The number of ether oxygens (including phenoxy) is 1. The molecule has 2 N–H and O–H groups in total. The van der Waals surface area contributed by atoms with Crippen molar-refractivity contribution in [2.75, 3.05) is 33.8 Å². The largest absolute Gasteiger partial charge is 0.496 e. The highest BCUT2D eigenvalue weighted by atomic mass is 127. The van der Waals surface area contributed by atoms with Crippen LogP contribution in [0.5, 0.6) is 5.75 Å². The molecule has 0 aliphatic carbocycles. The van der Waals surface area contributed by atoms with Crippen molar-refractivity contribution < 1.29 is 4.74 Å². The number of rotatable bonds is 9. The second kappa shape index (κ2) is 13.4. The molecule has 0 spiro atoms. The molecule has 0 unspecified atom stereocenters. The van der Waals surface area contributed by atoms with Gasteiger partial charge in [-0.15, -0.1) is 24.0 Å². The molecule has 6 heteroatoms. The summed E-state index contributed by atoms with van der Waals surface area (Å²) in [5, 5.41) is 6.69. The van der Waals surface area contributed by atoms with Gasteiger partial charge in [-0.3, -0.25) is 0 Å². The van der Waals surface area contributed by atoms with Gasteiger partial charge in [-0.05, 0) is 25.6 Å². The fraction of sp³-hybridized carbons (Fsp3) is 0.381. The van der Waals surface area contributed by atoms with Crippen LogP contribution in [0.1, 0.15) is 18.1 Å². The molecule has 0 saturated carbocycles. The Bertz CT molecular complexity index is 679. The van der Waals surface area contributed by atoms with Crippen molar-refractivity contribution >= 4 is 29.9 Å². The van der Waals surface area contributed by atoms with Gasteiger partial charge in [0.1, 0.15) is 5.75 Å². The van der Waals surface area contributed by atoms with E-state index < -0.39 is 0 Å². The number of benzene rings is 2. The third-order valence-corrected chi connectivity index (χ3v) is 4.03. The van der Waals surface area contributed by atoms with Crippen molar-refractivity contribution in [2.45, 2.75) is 20.0 Å². The highest BCUT2D eigenvalue weighted by molar-refractivity contribution is 14.0. The predicted octanol–water partition coefficient (Wildman–Crippen LogP) is 3.50. The maximum Gasteiger partial charge on any atom is 0.191 e. The van der Waals surface area contributed by atoms with E-state index in [1.807, 2.05) is 30.3 Å². The molecular weight excluding hydrogens is 451 g/mol. The number of guanidine groups is 1. The highest BCUT2D eigenvalue weighted by Gasteiger charge is 2.04. The third kappa shape index (κ3) is 8.62. The van der Waals surface area contributed by atoms with E-state index in [0.29, 0.717) is 6.54 Å². The van der Waals surface area contributed by atoms with E-state index in [4.69, 9.17) is 4.74 Å². The maximum absolute atomic E-state index is 5.39. The van der Waals surface area contributed by atoms with Gasteiger partial charge in [-0.1, -0.05) is 48.5 Å². The predicted molar refractivity (Wildman–Crippen MR) is 124 cm³/mol. The molecule has 0 amide bonds. The SMILES string of the molecule is CCNC(=NCc1ccccc1OC)NCCN(C)Cc1ccccc1.I. The van der Waals surface area contributed by atoms with Crippen molar-refractivity contribution in [3.05, 3.63) is 65.7 Å². The number of hydrogen-bond donors (Lipinski definition) is 2. The summed E-state index contributed by atoms with van der Waals surface area (Å²) in [6.07, 6.45) is 0. The average Bonchev–Trinajstić information content (AvgIpc) is 2.67. The van der Waals surface area contributed by atoms with Crippen LogP contribution >= 0.6 is 24.0 Å². The lowest BCUT2D eigenvalue weighted by Gasteiger charge is -2.18. The van der Waals surface area contributed by atoms with Crippen molar-refractivity contribution in [1.29, 1.82) is 0 Å². The Kier molecular flexibility index (Phi) is 11.5. The van der Waals surface area contributed by atoms with Crippen LogP contribution in [0.2, 0.25) is 0 Å². The zero-order chi connectivity index (χ0) is 18.6. The van der Waals surface area contributed by atoms with Crippen LogP contribution in [-0.2, 0) is 13.1 Å². The first-order chi connectivity index (χ1) is 12.7. The van der Waals surface area contributed by atoms with E-state index in [1.54, 1.807) is 7.11 Å². The minimum atomic E-state index is 0. The van der Waals surface area contributed by atoms with E-state index in [-0.39, 0.29) is 24.0 Å². The van der Waals surface area contributed by atoms with Gasteiger partial charge in [-0.2, -0.15) is 0 Å². The fourth-order valence-corrected chi connectivity index (χ4v) is 2.68. The van der Waals surface area contributed by atoms with Crippen LogP contribution in [-0.4, -0.2) is 44.7 Å². The van der Waals surface area contributed by atoms with Crippen LogP contribution in [0, 0.1) is 0 Å². The first-order valence-corrected chi connectivity index (χ1v) is 9.09. The van der Waals surface area contributed by atoms with Gasteiger partial charge in [0.2, 0.25) is 0 Å². The van der Waals surface area contributed by atoms with Gasteiger partial charge < -0.3 is 20.3 Å². The summed E-state index contributed by atoms with van der Waals surface area (Å²) >= 11 is 0. The number of methoxy groups -OCH3 is 1. The number of nitrogens with zero attached hydrogens (tertiary/aromatic N) is 2. The van der Waals surface area contributed by atoms with Gasteiger partial charge in [0.25, 0.3) is 0 Å². The molecule has 0 fully saturated rings. The average molecular weight is 482 g/mol. The molecule has 0 aliphatic rings. The zero-order valence-corrected chi connectivity index (χ0v) is 18.8. The second-order valence-corrected chi connectivity index (χ2v) is 6.16. The molecule has 148 valence electrons. The summed E-state index contributed by atoms with van der Waals surface area (Å²) in [6, 6.07) is 18.5. The lowest BCUT2D eigenvalue weighted by Crippen LogP contribution is -2.40. The molecule has 5 nitrogen and oxygen atoms in total. The van der Waals surface area contributed by atoms with Crippen LogP contribution in [0.25, 0.3) is 0 Å². The van der Waals surface area contributed by atoms with Gasteiger partial charge in [-0.25, -0.2) is 4.99 Å². The monoisotopic (exact) mass is 482 g/mol. The van der Waals surface area contributed by atoms with Crippen LogP contribution in [0.3, 0.4) is 0 Å². The Hall–Kier alpha value is -1.80. The Morgan fingerprint density at radius 2 is 1.74 bits per heavy atom. The summed E-state index contributed by atoms with van der Waals surface area (Å²) in [6.45, 7) is 6.20. The molecule has 27 heavy (non-hydrogen) atoms. The molecular formula is C21H31IN4O. The normalized spacial score (nSPS) is 11.0. The number of hydrogen-bond acceptors (Lipinski definition) is 3. The Labute approximate surface area is 180 Å². The first-order valence-electron chi connectivity index (χ1n) is 9.09. The maximum atomic E-state index is 5.39. The molecule has 0 saturated heterocycles. The summed E-state index contributed by atoms with van der Waals surface area (Å²) < 4.78 is 5.39. The molecule has 0 aromatic heterocycles. The number of nitrogens with one attached hydrogen (secondary N) is 2. The Morgan fingerprint density at radius 1 is 1.04 bits per heavy atom. The summed E-state index contributed by atoms with van der Waals surface area (Å²) in [7, 11) is 3.82. The molecule has 2 aromatic carbocycles. The molecule has 0 atom stereocenters. The van der Waals surface area contributed by atoms with Crippen LogP contribution in [0.15, 0.2) is 59.6 Å². The molecule has 0 bridgehead atoms. The molecule has 2 rings (SSSR count). The Balaban J connectivity index is 0.00000364. The van der Waals surface area contributed by atoms with Gasteiger partial charge in [0.15, 0.2) is 5.96 Å². The summed E-state index contributed by atoms with van der Waals surface area (Å²) in [5.41, 5.74) is 2.40. The smallest absolute Gasteiger partial charge is 0.191 e. The molecule has 0 heterocycles. The first kappa shape index (κ1) is 23.2. The third-order valence-electron chi connectivity index (χ3n) is 4.03. The van der Waals surface area contributed by atoms with E-state index in [0.717, 1.165) is 43.5 Å². The summed E-state index contributed by atoms with van der Waals surface area (Å²) in [5.74, 6) is 1.70. The Morgan fingerprint density at radius 3 is 2.44 bits per heavy atom. The van der Waals surface area contributed by atoms with Crippen molar-refractivity contribution in [3.63, 3.8) is 0 Å². The van der Waals surface area contributed by atoms with Crippen LogP contribution in [0.4, 0.5) is 0 Å². The topological polar surface area (TPSA) is 48.9 Å². The van der Waals surface area contributed by atoms with Gasteiger partial charge in [0, 0.05) is 31.7 Å². The van der Waals surface area contributed by atoms with Crippen LogP contribution < -0.4 is 15.4 Å². The molecule has 2 aromatic rings. The number of aliphatic imine (C=N–C) groups is 1. The minimum Gasteiger partial charge on any atom is -0.496 e. The molecule has 0 radical (unpaired) electrons. The fourth-order valence-electron chi connectivity index (χ4n) is 2.68. The lowest BCUT2D eigenvalue weighted by atomic mass is 10.2. The minimum absolute atomic E-state index is 0. The van der Waals surface area contributed by atoms with Crippen molar-refractivity contribution in [2.24, 2.45) is 4.99 Å². The number of para-hydroxylation sites is 1. The van der Waals surface area contributed by atoms with Crippen molar-refractivity contribution in [3.8, 4) is 5.75 Å². The highest BCUT2D eigenvalue weighted by Crippen LogP contribution is 2.17. The van der Waals surface area contributed by atoms with E-state index in [2.05, 4.69) is 58.8 Å². The van der Waals surface area contributed by atoms with E-state index >= 15 is 0 Å². The van der Waals surface area contributed by atoms with Crippen molar-refractivity contribution in [1.82, 2.24) is 15.5 Å². The molecule has 0 aliphatic heterocycles. The van der Waals surface area contributed by atoms with Gasteiger partial charge >= 0.3 is 0 Å². The zero-order valence-electron chi connectivity index (χ0n) is 16.4. The number of halogens is 1. The van der Waals surface area contributed by atoms with E-state index in [9.17, 15) is 0 Å². The number of likely N-dealkylation sites (N-methyl/N-ethyl adjacent to an activating group) is 1. The quantitative estimate of drug-likeness (QED) is 0.327. The standard InChI is InChI=1S/C21H30N4O.HI/c1-4-22-21(24-16-19-12-8-9-13-20(19)26-3)23-14-15-25(2)17-18-10-6-5-7-11-18;/h5-13H,4,14-17H2,1-3H3,(H2,22,23,24);1H. The lowest BCUT2D eigenvalue weighted by molar-refractivity contribution is 0.331. The van der Waals surface area contributed by atoms with Gasteiger partial charge in [0.05, 0.1) is 13.7 Å². The van der Waals surface area contributed by atoms with E-state index in [1.165, 1.54) is 5.56 Å². The summed E-state index contributed by atoms with van der Waals surface area (Å²) in [4.78, 5) is 6.97. The second-order valence-electron chi connectivity index (χ2n) is 6.16.